The van der Waals surface area contributed by atoms with Crippen LogP contribution in [0.1, 0.15) is 57.9 Å². The third-order valence-corrected chi connectivity index (χ3v) is 8.46. The summed E-state index contributed by atoms with van der Waals surface area (Å²) in [5, 5.41) is 10.6. The van der Waals surface area contributed by atoms with Crippen LogP contribution in [0.2, 0.25) is 5.02 Å². The van der Waals surface area contributed by atoms with Crippen LogP contribution in [0.3, 0.4) is 0 Å². The number of aliphatic carboxylic acids is 1. The molecule has 4 rings (SSSR count). The summed E-state index contributed by atoms with van der Waals surface area (Å²) in [5.74, 6) is 0.502. The van der Waals surface area contributed by atoms with Gasteiger partial charge in [-0.3, -0.25) is 4.79 Å². The smallest absolute Gasteiger partial charge is 0.303 e. The number of halogens is 1. The zero-order valence-corrected chi connectivity index (χ0v) is 19.7. The molecule has 3 saturated carbocycles. The van der Waals surface area contributed by atoms with Gasteiger partial charge >= 0.3 is 5.97 Å². The van der Waals surface area contributed by atoms with Gasteiger partial charge < -0.3 is 5.11 Å². The fourth-order valence-electron chi connectivity index (χ4n) is 5.14. The van der Waals surface area contributed by atoms with Gasteiger partial charge in [0.05, 0.1) is 0 Å². The Kier molecular flexibility index (Phi) is 7.66. The molecule has 3 fully saturated rings. The van der Waals surface area contributed by atoms with Gasteiger partial charge in [0.25, 0.3) is 0 Å². The second kappa shape index (κ2) is 9.88. The monoisotopic (exact) mass is 465 g/mol. The highest BCUT2D eigenvalue weighted by molar-refractivity contribution is 7.92. The number of rotatable bonds is 10. The van der Waals surface area contributed by atoms with Crippen LogP contribution in [0, 0.1) is 23.2 Å². The minimum Gasteiger partial charge on any atom is -0.481 e. The first-order valence-electron chi connectivity index (χ1n) is 10.9. The van der Waals surface area contributed by atoms with E-state index in [1.54, 1.807) is 30.3 Å². The first-order valence-corrected chi connectivity index (χ1v) is 12.8. The van der Waals surface area contributed by atoms with E-state index < -0.39 is 16.0 Å². The predicted molar refractivity (Wildman–Crippen MR) is 125 cm³/mol. The molecule has 4 unspecified atom stereocenters. The number of nitrogens with one attached hydrogen (secondary N) is 1. The summed E-state index contributed by atoms with van der Waals surface area (Å²) in [6, 6.07) is 6.95. The Balaban J connectivity index is 1.64. The lowest BCUT2D eigenvalue weighted by atomic mass is 9.44. The van der Waals surface area contributed by atoms with E-state index in [0.717, 1.165) is 31.2 Å². The molecule has 0 amide bonds. The molecule has 2 N–H and O–H groups in total. The lowest BCUT2D eigenvalue weighted by Crippen LogP contribution is -2.61. The molecule has 170 valence electrons. The van der Waals surface area contributed by atoms with Crippen LogP contribution < -0.4 is 4.72 Å². The van der Waals surface area contributed by atoms with E-state index in [4.69, 9.17) is 16.7 Å². The van der Waals surface area contributed by atoms with Crippen LogP contribution in [0.25, 0.3) is 6.08 Å². The van der Waals surface area contributed by atoms with Crippen molar-refractivity contribution in [1.82, 2.24) is 4.72 Å². The molecule has 0 saturated heterocycles. The van der Waals surface area contributed by atoms with Crippen molar-refractivity contribution in [2.45, 2.75) is 58.4 Å². The summed E-state index contributed by atoms with van der Waals surface area (Å²) in [4.78, 5) is 10.6. The molecule has 2 bridgehead atoms. The van der Waals surface area contributed by atoms with Crippen molar-refractivity contribution in [2.75, 3.05) is 0 Å². The quantitative estimate of drug-likeness (QED) is 0.354. The van der Waals surface area contributed by atoms with Crippen molar-refractivity contribution in [3.05, 3.63) is 52.4 Å². The van der Waals surface area contributed by atoms with Crippen molar-refractivity contribution in [1.29, 1.82) is 0 Å². The standard InChI is InChI=1S/C24H32ClNO4S/c1-24(2)18-15-21(24)20(7-5-3-4-6-8-23(27)28)22(16-18)26-31(29,30)14-13-17-9-11-19(25)12-10-17/h3,5,9-14,18,20-22,26H,4,6-8,15-16H2,1-2H3,(H,27,28)/b5-3-,14-13?. The molecule has 0 spiro atoms. The third-order valence-electron chi connectivity index (χ3n) is 7.08. The van der Waals surface area contributed by atoms with Crippen LogP contribution in [0.5, 0.6) is 0 Å². The average molecular weight is 466 g/mol. The van der Waals surface area contributed by atoms with Crippen molar-refractivity contribution in [2.24, 2.45) is 23.2 Å². The molecule has 0 aliphatic heterocycles. The van der Waals surface area contributed by atoms with Gasteiger partial charge in [-0.2, -0.15) is 0 Å². The molecule has 4 atom stereocenters. The van der Waals surface area contributed by atoms with E-state index in [1.807, 2.05) is 6.08 Å². The molecule has 0 aromatic heterocycles. The zero-order valence-electron chi connectivity index (χ0n) is 18.1. The van der Waals surface area contributed by atoms with Gasteiger partial charge in [-0.15, -0.1) is 0 Å². The lowest BCUT2D eigenvalue weighted by molar-refractivity contribution is -0.137. The normalized spacial score (nSPS) is 27.5. The van der Waals surface area contributed by atoms with Crippen molar-refractivity contribution >= 4 is 33.7 Å². The van der Waals surface area contributed by atoms with Crippen molar-refractivity contribution < 1.29 is 18.3 Å². The number of sulfonamides is 1. The van der Waals surface area contributed by atoms with Crippen molar-refractivity contribution in [3.8, 4) is 0 Å². The Bertz CT molecular complexity index is 937. The summed E-state index contributed by atoms with van der Waals surface area (Å²) in [5.41, 5.74) is 1.02. The maximum atomic E-state index is 12.7. The molecule has 3 aliphatic carbocycles. The average Bonchev–Trinajstić information content (AvgIpc) is 2.70. The highest BCUT2D eigenvalue weighted by Crippen LogP contribution is 2.62. The number of carboxylic acid groups (broad SMARTS) is 1. The van der Waals surface area contributed by atoms with Crippen LogP contribution in [0.15, 0.2) is 41.8 Å². The van der Waals surface area contributed by atoms with E-state index >= 15 is 0 Å². The van der Waals surface area contributed by atoms with Gasteiger partial charge in [-0.1, -0.05) is 49.7 Å². The summed E-state index contributed by atoms with van der Waals surface area (Å²) in [6.45, 7) is 4.58. The summed E-state index contributed by atoms with van der Waals surface area (Å²) < 4.78 is 28.4. The highest BCUT2D eigenvalue weighted by atomic mass is 35.5. The number of carbonyl (C=O) groups is 1. The molecule has 3 aliphatic rings. The fraction of sp³-hybridized carbons (Fsp3) is 0.542. The molecular formula is C24H32ClNO4S. The molecular weight excluding hydrogens is 434 g/mol. The van der Waals surface area contributed by atoms with E-state index in [1.165, 1.54) is 5.41 Å². The Morgan fingerprint density at radius 3 is 2.58 bits per heavy atom. The number of benzene rings is 1. The largest absolute Gasteiger partial charge is 0.481 e. The first kappa shape index (κ1) is 24.0. The second-order valence-electron chi connectivity index (χ2n) is 9.38. The van der Waals surface area contributed by atoms with Crippen LogP contribution in [-0.4, -0.2) is 25.5 Å². The minimum absolute atomic E-state index is 0.0830. The van der Waals surface area contributed by atoms with E-state index in [-0.39, 0.29) is 23.8 Å². The molecule has 1 aromatic carbocycles. The topological polar surface area (TPSA) is 83.5 Å². The Hall–Kier alpha value is -1.63. The SMILES string of the molecule is CC1(C)C2CC(NS(=O)(=O)C=Cc3ccc(Cl)cc3)C(C/C=C\CCCC(=O)O)C1C2. The first-order chi connectivity index (χ1) is 14.6. The Morgan fingerprint density at radius 2 is 1.94 bits per heavy atom. The van der Waals surface area contributed by atoms with E-state index in [0.29, 0.717) is 23.3 Å². The van der Waals surface area contributed by atoms with Gasteiger partial charge in [0, 0.05) is 22.9 Å². The van der Waals surface area contributed by atoms with Gasteiger partial charge in [0.2, 0.25) is 10.0 Å². The molecule has 31 heavy (non-hydrogen) atoms. The summed E-state index contributed by atoms with van der Waals surface area (Å²) in [7, 11) is -3.56. The van der Waals surface area contributed by atoms with E-state index in [9.17, 15) is 13.2 Å². The maximum Gasteiger partial charge on any atom is 0.303 e. The number of hydrogen-bond donors (Lipinski definition) is 2. The number of allylic oxidation sites excluding steroid dienone is 2. The Morgan fingerprint density at radius 1 is 1.23 bits per heavy atom. The molecule has 5 nitrogen and oxygen atoms in total. The molecule has 7 heteroatoms. The number of fused-ring (bicyclic) bond motifs is 2. The van der Waals surface area contributed by atoms with E-state index in [2.05, 4.69) is 24.6 Å². The van der Waals surface area contributed by atoms with Crippen LogP contribution >= 0.6 is 11.6 Å². The van der Waals surface area contributed by atoms with Crippen molar-refractivity contribution in [3.63, 3.8) is 0 Å². The number of unbranched alkanes of at least 4 members (excludes halogenated alkanes) is 1. The fourth-order valence-corrected chi connectivity index (χ4v) is 6.38. The molecule has 0 radical (unpaired) electrons. The van der Waals surface area contributed by atoms with Gasteiger partial charge in [-0.05, 0) is 79.0 Å². The Labute approximate surface area is 190 Å². The summed E-state index contributed by atoms with van der Waals surface area (Å²) in [6.07, 6.45) is 10.1. The second-order valence-corrected chi connectivity index (χ2v) is 11.4. The van der Waals surface area contributed by atoms with Crippen LogP contribution in [-0.2, 0) is 14.8 Å². The minimum atomic E-state index is -3.56. The highest BCUT2D eigenvalue weighted by Gasteiger charge is 2.57. The summed E-state index contributed by atoms with van der Waals surface area (Å²) >= 11 is 5.88. The molecule has 1 aromatic rings. The predicted octanol–water partition coefficient (Wildman–Crippen LogP) is 5.48. The van der Waals surface area contributed by atoms with Gasteiger partial charge in [0.15, 0.2) is 0 Å². The lowest BCUT2D eigenvalue weighted by Gasteiger charge is -2.62. The zero-order chi connectivity index (χ0) is 22.6. The number of carboxylic acids is 1. The van der Waals surface area contributed by atoms with Gasteiger partial charge in [-0.25, -0.2) is 13.1 Å². The maximum absolute atomic E-state index is 12.7. The van der Waals surface area contributed by atoms with Gasteiger partial charge in [0.1, 0.15) is 0 Å². The van der Waals surface area contributed by atoms with Crippen LogP contribution in [0.4, 0.5) is 0 Å². The number of hydrogen-bond acceptors (Lipinski definition) is 3. The molecule has 0 heterocycles. The third kappa shape index (κ3) is 6.21.